The first kappa shape index (κ1) is 12.5. The maximum atomic E-state index is 12.7. The Morgan fingerprint density at radius 2 is 2.12 bits per heavy atom. The first-order chi connectivity index (χ1) is 7.91. The summed E-state index contributed by atoms with van der Waals surface area (Å²) in [6.07, 6.45) is 2.75. The van der Waals surface area contributed by atoms with Crippen LogP contribution in [0.3, 0.4) is 0 Å². The number of hydrogen-bond donors (Lipinski definition) is 0. The van der Waals surface area contributed by atoms with Crippen LogP contribution in [0.15, 0.2) is 23.9 Å². The van der Waals surface area contributed by atoms with Gasteiger partial charge in [0.05, 0.1) is 5.92 Å². The van der Waals surface area contributed by atoms with Crippen molar-refractivity contribution in [2.24, 2.45) is 11.8 Å². The van der Waals surface area contributed by atoms with Gasteiger partial charge in [0.1, 0.15) is 0 Å². The van der Waals surface area contributed by atoms with Crippen LogP contribution in [-0.2, 0) is 0 Å². The summed E-state index contributed by atoms with van der Waals surface area (Å²) >= 11 is 0. The summed E-state index contributed by atoms with van der Waals surface area (Å²) in [5, 5.41) is 0. The molecule has 1 nitrogen and oxygen atoms in total. The fourth-order valence-corrected chi connectivity index (χ4v) is 2.72. The topological polar surface area (TPSA) is 3.24 Å². The lowest BCUT2D eigenvalue weighted by atomic mass is 9.89. The van der Waals surface area contributed by atoms with Crippen LogP contribution in [0.25, 0.3) is 0 Å². The molecule has 2 aliphatic rings. The monoisotopic (exact) mass is 245 g/mol. The highest BCUT2D eigenvalue weighted by Crippen LogP contribution is 2.37. The van der Waals surface area contributed by atoms with E-state index in [1.54, 1.807) is 6.08 Å². The van der Waals surface area contributed by atoms with Crippen molar-refractivity contribution in [2.45, 2.75) is 38.9 Å². The second kappa shape index (κ2) is 4.39. The van der Waals surface area contributed by atoms with Gasteiger partial charge in [-0.3, -0.25) is 0 Å². The van der Waals surface area contributed by atoms with E-state index in [1.165, 1.54) is 6.08 Å². The molecule has 0 radical (unpaired) electrons. The molecule has 0 fully saturated rings. The average molecular weight is 245 g/mol. The van der Waals surface area contributed by atoms with Crippen LogP contribution < -0.4 is 0 Å². The Hall–Kier alpha value is -0.930. The minimum atomic E-state index is -4.12. The zero-order valence-electron chi connectivity index (χ0n) is 10.2. The number of fused-ring (bicyclic) bond motifs is 1. The number of allylic oxidation sites excluding steroid dienone is 2. The van der Waals surface area contributed by atoms with E-state index in [0.29, 0.717) is 5.92 Å². The van der Waals surface area contributed by atoms with Gasteiger partial charge in [0.15, 0.2) is 0 Å². The second-order valence-electron chi connectivity index (χ2n) is 5.03. The summed E-state index contributed by atoms with van der Waals surface area (Å²) < 4.78 is 38.1. The van der Waals surface area contributed by atoms with Crippen molar-refractivity contribution in [3.8, 4) is 0 Å². The van der Waals surface area contributed by atoms with E-state index >= 15 is 0 Å². The van der Waals surface area contributed by atoms with E-state index in [1.807, 2.05) is 11.8 Å². The summed E-state index contributed by atoms with van der Waals surface area (Å²) in [7, 11) is 0. The van der Waals surface area contributed by atoms with Crippen LogP contribution in [0.4, 0.5) is 13.2 Å². The molecule has 17 heavy (non-hydrogen) atoms. The third-order valence-corrected chi connectivity index (χ3v) is 3.66. The Balaban J connectivity index is 2.24. The van der Waals surface area contributed by atoms with Crippen LogP contribution in [0.1, 0.15) is 26.7 Å². The van der Waals surface area contributed by atoms with Crippen LogP contribution in [0, 0.1) is 11.8 Å². The van der Waals surface area contributed by atoms with Crippen molar-refractivity contribution in [1.82, 2.24) is 4.90 Å². The molecular formula is C13H18F3N. The molecule has 0 amide bonds. The first-order valence-corrected chi connectivity index (χ1v) is 6.15. The molecule has 3 unspecified atom stereocenters. The summed E-state index contributed by atoms with van der Waals surface area (Å²) in [5.41, 5.74) is 0.969. The molecule has 96 valence electrons. The van der Waals surface area contributed by atoms with E-state index < -0.39 is 12.1 Å². The maximum Gasteiger partial charge on any atom is 0.396 e. The van der Waals surface area contributed by atoms with Crippen molar-refractivity contribution in [3.05, 3.63) is 23.9 Å². The molecule has 4 heteroatoms. The van der Waals surface area contributed by atoms with Gasteiger partial charge in [0.25, 0.3) is 0 Å². The average Bonchev–Trinajstić information content (AvgIpc) is 2.25. The molecule has 0 N–H and O–H groups in total. The van der Waals surface area contributed by atoms with Crippen molar-refractivity contribution < 1.29 is 13.2 Å². The molecule has 0 saturated carbocycles. The van der Waals surface area contributed by atoms with Gasteiger partial charge >= 0.3 is 6.18 Å². The van der Waals surface area contributed by atoms with E-state index in [-0.39, 0.29) is 12.6 Å². The predicted molar refractivity (Wildman–Crippen MR) is 61.3 cm³/mol. The highest BCUT2D eigenvalue weighted by Gasteiger charge is 2.42. The molecule has 0 aromatic heterocycles. The molecule has 0 saturated heterocycles. The summed E-state index contributed by atoms with van der Waals surface area (Å²) in [6, 6.07) is 0.250. The highest BCUT2D eigenvalue weighted by atomic mass is 19.4. The van der Waals surface area contributed by atoms with Crippen molar-refractivity contribution in [3.63, 3.8) is 0 Å². The van der Waals surface area contributed by atoms with Crippen LogP contribution >= 0.6 is 0 Å². The molecule has 2 rings (SSSR count). The maximum absolute atomic E-state index is 12.7. The molecule has 2 aliphatic heterocycles. The molecule has 0 spiro atoms. The Labute approximate surface area is 100.0 Å². The standard InChI is InChI=1S/C13H18F3N/c1-3-11-6-9(2)7-12-5-4-10(8-17(11)12)13(14,15)16/h4-5,7,9-11H,3,6,8H2,1-2H3. The van der Waals surface area contributed by atoms with Gasteiger partial charge in [-0.2, -0.15) is 13.2 Å². The molecular weight excluding hydrogens is 227 g/mol. The number of alkyl halides is 3. The van der Waals surface area contributed by atoms with Crippen LogP contribution in [-0.4, -0.2) is 23.7 Å². The lowest BCUT2D eigenvalue weighted by Gasteiger charge is -2.43. The van der Waals surface area contributed by atoms with Crippen LogP contribution in [0.5, 0.6) is 0 Å². The summed E-state index contributed by atoms with van der Waals surface area (Å²) in [5.74, 6) is -0.861. The molecule has 3 atom stereocenters. The number of halogens is 3. The quantitative estimate of drug-likeness (QED) is 0.680. The Bertz CT molecular complexity index is 343. The van der Waals surface area contributed by atoms with E-state index in [4.69, 9.17) is 0 Å². The minimum absolute atomic E-state index is 0.0804. The number of nitrogens with zero attached hydrogens (tertiary/aromatic N) is 1. The lowest BCUT2D eigenvalue weighted by Crippen LogP contribution is -2.45. The molecule has 0 bridgehead atoms. The van der Waals surface area contributed by atoms with Gasteiger partial charge < -0.3 is 4.90 Å². The Morgan fingerprint density at radius 3 is 2.71 bits per heavy atom. The zero-order valence-corrected chi connectivity index (χ0v) is 10.2. The molecule has 0 aliphatic carbocycles. The molecule has 0 aromatic rings. The zero-order chi connectivity index (χ0) is 12.6. The number of hydrogen-bond acceptors (Lipinski definition) is 1. The lowest BCUT2D eigenvalue weighted by molar-refractivity contribution is -0.166. The normalized spacial score (nSPS) is 33.4. The van der Waals surface area contributed by atoms with Crippen molar-refractivity contribution >= 4 is 0 Å². The van der Waals surface area contributed by atoms with Gasteiger partial charge in [-0.25, -0.2) is 0 Å². The van der Waals surface area contributed by atoms with Gasteiger partial charge in [0.2, 0.25) is 0 Å². The van der Waals surface area contributed by atoms with Gasteiger partial charge in [0, 0.05) is 18.3 Å². The van der Waals surface area contributed by atoms with E-state index in [2.05, 4.69) is 13.0 Å². The van der Waals surface area contributed by atoms with Crippen molar-refractivity contribution in [2.75, 3.05) is 6.54 Å². The van der Waals surface area contributed by atoms with Gasteiger partial charge in [-0.15, -0.1) is 0 Å². The summed E-state index contributed by atoms with van der Waals surface area (Å²) in [4.78, 5) is 1.93. The van der Waals surface area contributed by atoms with Crippen LogP contribution in [0.2, 0.25) is 0 Å². The predicted octanol–water partition coefficient (Wildman–Crippen LogP) is 3.74. The fraction of sp³-hybridized carbons (Fsp3) is 0.692. The first-order valence-electron chi connectivity index (χ1n) is 6.15. The van der Waals surface area contributed by atoms with E-state index in [0.717, 1.165) is 18.5 Å². The Kier molecular flexibility index (Phi) is 3.23. The second-order valence-corrected chi connectivity index (χ2v) is 5.03. The SMILES string of the molecule is CCC1CC(C)C=C2C=CC(C(F)(F)F)CN21. The number of rotatable bonds is 1. The molecule has 0 aromatic carbocycles. The minimum Gasteiger partial charge on any atom is -0.368 e. The highest BCUT2D eigenvalue weighted by molar-refractivity contribution is 5.26. The van der Waals surface area contributed by atoms with Crippen molar-refractivity contribution in [1.29, 1.82) is 0 Å². The fourth-order valence-electron chi connectivity index (χ4n) is 2.72. The Morgan fingerprint density at radius 1 is 1.41 bits per heavy atom. The van der Waals surface area contributed by atoms with Gasteiger partial charge in [-0.1, -0.05) is 26.0 Å². The molecule has 2 heterocycles. The van der Waals surface area contributed by atoms with Gasteiger partial charge in [-0.05, 0) is 24.8 Å². The van der Waals surface area contributed by atoms with E-state index in [9.17, 15) is 13.2 Å². The smallest absolute Gasteiger partial charge is 0.368 e. The third kappa shape index (κ3) is 2.50. The summed E-state index contributed by atoms with van der Waals surface area (Å²) in [6.45, 7) is 4.25. The third-order valence-electron chi connectivity index (χ3n) is 3.66. The largest absolute Gasteiger partial charge is 0.396 e.